The van der Waals surface area contributed by atoms with Crippen molar-refractivity contribution in [1.29, 1.82) is 0 Å². The minimum Gasteiger partial charge on any atom is -0.398 e. The van der Waals surface area contributed by atoms with Crippen LogP contribution in [0.5, 0.6) is 0 Å². The van der Waals surface area contributed by atoms with E-state index < -0.39 is 8.56 Å². The van der Waals surface area contributed by atoms with Crippen molar-refractivity contribution >= 4 is 8.56 Å². The zero-order chi connectivity index (χ0) is 10.9. The second-order valence-corrected chi connectivity index (χ2v) is 9.10. The maximum Gasteiger partial charge on any atom is 0.334 e. The molecule has 0 spiro atoms. The molecule has 2 fully saturated rings. The molecule has 0 aromatic heterocycles. The minimum absolute atomic E-state index is 0.987. The highest BCUT2D eigenvalue weighted by Crippen LogP contribution is 2.50. The van der Waals surface area contributed by atoms with Crippen molar-refractivity contribution in [3.05, 3.63) is 0 Å². The van der Waals surface area contributed by atoms with Crippen LogP contribution in [0.25, 0.3) is 0 Å². The summed E-state index contributed by atoms with van der Waals surface area (Å²) in [6.07, 6.45) is 7.34. The second kappa shape index (κ2) is 4.56. The number of hydrogen-bond acceptors (Lipinski definition) is 2. The van der Waals surface area contributed by atoms with E-state index in [1.807, 2.05) is 0 Å². The fourth-order valence-corrected chi connectivity index (χ4v) is 4.94. The molecule has 0 aliphatic heterocycles. The van der Waals surface area contributed by atoms with Gasteiger partial charge in [0.2, 0.25) is 0 Å². The standard InChI is InChI=1S/C12H24O2Si/c1-13-15(3,14-2)7-6-12-9-10-4-5-11(12)8-10/h10-12H,4-9H2,1-3H3. The van der Waals surface area contributed by atoms with E-state index in [-0.39, 0.29) is 0 Å². The molecule has 2 saturated carbocycles. The number of hydrogen-bond donors (Lipinski definition) is 0. The van der Waals surface area contributed by atoms with E-state index in [2.05, 4.69) is 6.55 Å². The maximum absolute atomic E-state index is 5.54. The van der Waals surface area contributed by atoms with Gasteiger partial charge >= 0.3 is 8.56 Å². The molecule has 2 aliphatic rings. The van der Waals surface area contributed by atoms with Crippen molar-refractivity contribution in [2.45, 2.75) is 44.7 Å². The van der Waals surface area contributed by atoms with Crippen molar-refractivity contribution < 1.29 is 8.85 Å². The molecule has 88 valence electrons. The molecule has 0 radical (unpaired) electrons. The van der Waals surface area contributed by atoms with Gasteiger partial charge in [-0.1, -0.05) is 6.42 Å². The molecule has 0 heterocycles. The van der Waals surface area contributed by atoms with E-state index >= 15 is 0 Å². The van der Waals surface area contributed by atoms with Gasteiger partial charge in [-0.25, -0.2) is 0 Å². The Bertz CT molecular complexity index is 216. The SMILES string of the molecule is CO[Si](C)(CCC1CC2CCC1C2)OC. The molecular weight excluding hydrogens is 204 g/mol. The molecule has 0 aromatic carbocycles. The van der Waals surface area contributed by atoms with Crippen LogP contribution in [0.4, 0.5) is 0 Å². The summed E-state index contributed by atoms with van der Waals surface area (Å²) < 4.78 is 11.1. The van der Waals surface area contributed by atoms with Gasteiger partial charge in [0.1, 0.15) is 0 Å². The molecule has 3 heteroatoms. The molecule has 0 aromatic rings. The molecule has 0 amide bonds. The predicted octanol–water partition coefficient (Wildman–Crippen LogP) is 3.18. The lowest BCUT2D eigenvalue weighted by Gasteiger charge is -2.27. The summed E-state index contributed by atoms with van der Waals surface area (Å²) in [5.74, 6) is 3.10. The third kappa shape index (κ3) is 2.45. The maximum atomic E-state index is 5.54. The summed E-state index contributed by atoms with van der Waals surface area (Å²) in [6.45, 7) is 2.18. The molecule has 3 atom stereocenters. The van der Waals surface area contributed by atoms with Crippen LogP contribution in [0, 0.1) is 17.8 Å². The highest BCUT2D eigenvalue weighted by molar-refractivity contribution is 6.65. The van der Waals surface area contributed by atoms with Crippen LogP contribution in [0.3, 0.4) is 0 Å². The highest BCUT2D eigenvalue weighted by atomic mass is 28.4. The molecule has 2 bridgehead atoms. The van der Waals surface area contributed by atoms with Crippen LogP contribution >= 0.6 is 0 Å². The molecule has 15 heavy (non-hydrogen) atoms. The first-order valence-corrected chi connectivity index (χ1v) is 8.79. The topological polar surface area (TPSA) is 18.5 Å². The van der Waals surface area contributed by atoms with Gasteiger partial charge in [-0.15, -0.1) is 0 Å². The number of fused-ring (bicyclic) bond motifs is 2. The second-order valence-electron chi connectivity index (χ2n) is 5.52. The lowest BCUT2D eigenvalue weighted by atomic mass is 9.87. The Labute approximate surface area is 94.6 Å². The molecule has 2 aliphatic carbocycles. The summed E-state index contributed by atoms with van der Waals surface area (Å²) in [5.41, 5.74) is 0. The molecule has 2 rings (SSSR count). The van der Waals surface area contributed by atoms with Crippen LogP contribution < -0.4 is 0 Å². The first kappa shape index (κ1) is 11.6. The molecular formula is C12H24O2Si. The Balaban J connectivity index is 1.78. The van der Waals surface area contributed by atoms with Gasteiger partial charge in [0.25, 0.3) is 0 Å². The third-order valence-corrected chi connectivity index (χ3v) is 7.64. The van der Waals surface area contributed by atoms with Gasteiger partial charge in [-0.05, 0) is 56.0 Å². The largest absolute Gasteiger partial charge is 0.398 e. The quantitative estimate of drug-likeness (QED) is 0.673. The fourth-order valence-electron chi connectivity index (χ4n) is 3.47. The lowest BCUT2D eigenvalue weighted by molar-refractivity contribution is 0.238. The van der Waals surface area contributed by atoms with Crippen molar-refractivity contribution in [1.82, 2.24) is 0 Å². The van der Waals surface area contributed by atoms with Gasteiger partial charge < -0.3 is 8.85 Å². The molecule has 0 saturated heterocycles. The average Bonchev–Trinajstić information content (AvgIpc) is 2.87. The summed E-state index contributed by atoms with van der Waals surface area (Å²) in [5, 5.41) is 0. The van der Waals surface area contributed by atoms with Gasteiger partial charge in [0.05, 0.1) is 0 Å². The van der Waals surface area contributed by atoms with Crippen molar-refractivity contribution in [3.63, 3.8) is 0 Å². The first-order chi connectivity index (χ1) is 7.17. The first-order valence-electron chi connectivity index (χ1n) is 6.27. The van der Waals surface area contributed by atoms with E-state index in [9.17, 15) is 0 Å². The Morgan fingerprint density at radius 2 is 1.87 bits per heavy atom. The Hall–Kier alpha value is 0.137. The number of rotatable bonds is 5. The normalized spacial score (nSPS) is 35.0. The van der Waals surface area contributed by atoms with Gasteiger partial charge in [-0.2, -0.15) is 0 Å². The lowest BCUT2D eigenvalue weighted by Crippen LogP contribution is -2.36. The van der Waals surface area contributed by atoms with Crippen LogP contribution in [0.15, 0.2) is 0 Å². The Morgan fingerprint density at radius 3 is 2.33 bits per heavy atom. The summed E-state index contributed by atoms with van der Waals surface area (Å²) in [4.78, 5) is 0. The van der Waals surface area contributed by atoms with E-state index in [1.165, 1.54) is 38.1 Å². The van der Waals surface area contributed by atoms with Crippen LogP contribution in [-0.4, -0.2) is 22.8 Å². The van der Waals surface area contributed by atoms with E-state index in [0.29, 0.717) is 0 Å². The van der Waals surface area contributed by atoms with E-state index in [1.54, 1.807) is 14.2 Å². The van der Waals surface area contributed by atoms with Gasteiger partial charge in [0, 0.05) is 14.2 Å². The molecule has 0 N–H and O–H groups in total. The zero-order valence-electron chi connectivity index (χ0n) is 10.3. The van der Waals surface area contributed by atoms with Gasteiger partial charge in [-0.3, -0.25) is 0 Å². The Morgan fingerprint density at radius 1 is 1.13 bits per heavy atom. The van der Waals surface area contributed by atoms with Gasteiger partial charge in [0.15, 0.2) is 0 Å². The zero-order valence-corrected chi connectivity index (χ0v) is 11.3. The van der Waals surface area contributed by atoms with Crippen LogP contribution in [0.1, 0.15) is 32.1 Å². The van der Waals surface area contributed by atoms with E-state index in [0.717, 1.165) is 17.8 Å². The van der Waals surface area contributed by atoms with Crippen LogP contribution in [0.2, 0.25) is 12.6 Å². The van der Waals surface area contributed by atoms with Crippen molar-refractivity contribution in [2.75, 3.05) is 14.2 Å². The smallest absolute Gasteiger partial charge is 0.334 e. The third-order valence-electron chi connectivity index (χ3n) is 4.72. The average molecular weight is 228 g/mol. The monoisotopic (exact) mass is 228 g/mol. The summed E-state index contributed by atoms with van der Waals surface area (Å²) >= 11 is 0. The highest BCUT2D eigenvalue weighted by Gasteiger charge is 2.40. The van der Waals surface area contributed by atoms with Crippen molar-refractivity contribution in [3.8, 4) is 0 Å². The van der Waals surface area contributed by atoms with E-state index in [4.69, 9.17) is 8.85 Å². The fraction of sp³-hybridized carbons (Fsp3) is 1.00. The van der Waals surface area contributed by atoms with Crippen molar-refractivity contribution in [2.24, 2.45) is 17.8 Å². The van der Waals surface area contributed by atoms with Crippen LogP contribution in [-0.2, 0) is 8.85 Å². The summed E-state index contributed by atoms with van der Waals surface area (Å²) in [6, 6.07) is 1.17. The molecule has 2 nitrogen and oxygen atoms in total. The minimum atomic E-state index is -1.79. The molecule has 3 unspecified atom stereocenters. The summed E-state index contributed by atoms with van der Waals surface area (Å²) in [7, 11) is 1.81. The predicted molar refractivity (Wildman–Crippen MR) is 64.0 cm³/mol. The Kier molecular flexibility index (Phi) is 3.53.